The number of carbonyl (C=O) groups is 2. The maximum atomic E-state index is 12.5. The molecule has 2 aromatic carbocycles. The fourth-order valence-electron chi connectivity index (χ4n) is 2.70. The molecule has 1 heterocycles. The van der Waals surface area contributed by atoms with E-state index in [2.05, 4.69) is 5.32 Å². The number of methoxy groups -OCH3 is 1. The highest BCUT2D eigenvalue weighted by Gasteiger charge is 2.17. The third-order valence-corrected chi connectivity index (χ3v) is 4.95. The molecule has 0 radical (unpaired) electrons. The average Bonchev–Trinajstić information content (AvgIpc) is 3.06. The van der Waals surface area contributed by atoms with Crippen LogP contribution in [0.3, 0.4) is 0 Å². The molecule has 0 spiro atoms. The van der Waals surface area contributed by atoms with E-state index in [0.717, 1.165) is 10.9 Å². The second-order valence-electron chi connectivity index (χ2n) is 6.23. The molecule has 0 atom stereocenters. The summed E-state index contributed by atoms with van der Waals surface area (Å²) in [5.74, 6) is 0.134. The molecule has 3 aromatic rings. The molecule has 0 aliphatic carbocycles. The van der Waals surface area contributed by atoms with Gasteiger partial charge in [0.1, 0.15) is 11.3 Å². The lowest BCUT2D eigenvalue weighted by molar-refractivity contribution is -0.132. The molecule has 1 aromatic heterocycles. The van der Waals surface area contributed by atoms with Crippen LogP contribution in [-0.2, 0) is 16.0 Å². The van der Waals surface area contributed by atoms with Crippen molar-refractivity contribution < 1.29 is 18.7 Å². The molecule has 146 valence electrons. The number of hydrogen-bond acceptors (Lipinski definition) is 4. The van der Waals surface area contributed by atoms with Gasteiger partial charge in [-0.25, -0.2) is 0 Å². The van der Waals surface area contributed by atoms with Crippen LogP contribution in [0.1, 0.15) is 5.56 Å². The minimum absolute atomic E-state index is 0.0946. The normalized spacial score (nSPS) is 10.7. The Morgan fingerprint density at radius 1 is 1.14 bits per heavy atom. The summed E-state index contributed by atoms with van der Waals surface area (Å²) in [7, 11) is 3.15. The van der Waals surface area contributed by atoms with Gasteiger partial charge in [-0.1, -0.05) is 23.2 Å². The summed E-state index contributed by atoms with van der Waals surface area (Å²) in [5, 5.41) is 4.26. The van der Waals surface area contributed by atoms with E-state index in [-0.39, 0.29) is 24.8 Å². The van der Waals surface area contributed by atoms with E-state index < -0.39 is 0 Å². The fraction of sp³-hybridized carbons (Fsp3) is 0.200. The number of nitrogens with one attached hydrogen (secondary N) is 1. The number of rotatable bonds is 6. The van der Waals surface area contributed by atoms with Crippen molar-refractivity contribution in [3.8, 4) is 5.75 Å². The predicted octanol–water partition coefficient (Wildman–Crippen LogP) is 4.39. The Balaban J connectivity index is 1.61. The number of furan rings is 1. The first-order valence-corrected chi connectivity index (χ1v) is 9.16. The monoisotopic (exact) mass is 420 g/mol. The number of hydrogen-bond donors (Lipinski definition) is 1. The second-order valence-corrected chi connectivity index (χ2v) is 7.04. The Kier molecular flexibility index (Phi) is 6.11. The van der Waals surface area contributed by atoms with Crippen LogP contribution in [0.5, 0.6) is 5.75 Å². The van der Waals surface area contributed by atoms with Gasteiger partial charge in [0, 0.05) is 29.8 Å². The number of likely N-dealkylation sites (N-methyl/N-ethyl adjacent to an activating group) is 1. The summed E-state index contributed by atoms with van der Waals surface area (Å²) in [4.78, 5) is 26.1. The fourth-order valence-corrected chi connectivity index (χ4v) is 3.00. The van der Waals surface area contributed by atoms with Gasteiger partial charge in [0.15, 0.2) is 0 Å². The lowest BCUT2D eigenvalue weighted by Crippen LogP contribution is -2.35. The number of ether oxygens (including phenoxy) is 1. The van der Waals surface area contributed by atoms with Crippen LogP contribution in [0.15, 0.2) is 47.1 Å². The van der Waals surface area contributed by atoms with Crippen LogP contribution in [0.25, 0.3) is 11.0 Å². The first-order valence-electron chi connectivity index (χ1n) is 8.40. The second kappa shape index (κ2) is 8.54. The van der Waals surface area contributed by atoms with Crippen molar-refractivity contribution >= 4 is 51.7 Å². The molecule has 6 nitrogen and oxygen atoms in total. The molecule has 28 heavy (non-hydrogen) atoms. The molecule has 2 amide bonds. The van der Waals surface area contributed by atoms with Crippen LogP contribution in [0, 0.1) is 0 Å². The zero-order chi connectivity index (χ0) is 20.3. The molecule has 0 bridgehead atoms. The van der Waals surface area contributed by atoms with E-state index in [4.69, 9.17) is 32.4 Å². The van der Waals surface area contributed by atoms with Gasteiger partial charge in [0.25, 0.3) is 0 Å². The van der Waals surface area contributed by atoms with E-state index >= 15 is 0 Å². The molecule has 0 saturated carbocycles. The summed E-state index contributed by atoms with van der Waals surface area (Å²) in [6, 6.07) is 10.2. The zero-order valence-corrected chi connectivity index (χ0v) is 16.8. The van der Waals surface area contributed by atoms with Crippen LogP contribution < -0.4 is 10.1 Å². The van der Waals surface area contributed by atoms with Crippen LogP contribution >= 0.6 is 23.2 Å². The Morgan fingerprint density at radius 3 is 2.64 bits per heavy atom. The van der Waals surface area contributed by atoms with Gasteiger partial charge in [-0.3, -0.25) is 9.59 Å². The first-order chi connectivity index (χ1) is 13.4. The predicted molar refractivity (Wildman–Crippen MR) is 109 cm³/mol. The molecule has 0 saturated heterocycles. The van der Waals surface area contributed by atoms with Gasteiger partial charge < -0.3 is 19.4 Å². The number of fused-ring (bicyclic) bond motifs is 1. The van der Waals surface area contributed by atoms with Crippen molar-refractivity contribution in [1.29, 1.82) is 0 Å². The molecule has 1 N–H and O–H groups in total. The summed E-state index contributed by atoms with van der Waals surface area (Å²) in [6.45, 7) is -0.0946. The van der Waals surface area contributed by atoms with Gasteiger partial charge >= 0.3 is 0 Å². The lowest BCUT2D eigenvalue weighted by Gasteiger charge is -2.16. The number of nitrogens with zero attached hydrogens (tertiary/aromatic N) is 1. The largest absolute Gasteiger partial charge is 0.497 e. The molecular formula is C20H18Cl2N2O4. The maximum absolute atomic E-state index is 12.5. The number of halogens is 2. The minimum Gasteiger partial charge on any atom is -0.497 e. The average molecular weight is 421 g/mol. The first kappa shape index (κ1) is 20.0. The highest BCUT2D eigenvalue weighted by Crippen LogP contribution is 2.26. The number of anilines is 1. The van der Waals surface area contributed by atoms with Gasteiger partial charge in [-0.15, -0.1) is 0 Å². The molecule has 0 aliphatic rings. The molecule has 8 heteroatoms. The topological polar surface area (TPSA) is 71.8 Å². The van der Waals surface area contributed by atoms with Crippen molar-refractivity contribution in [3.05, 3.63) is 58.3 Å². The molecule has 0 aliphatic heterocycles. The highest BCUT2D eigenvalue weighted by molar-refractivity contribution is 6.42. The molecule has 0 fully saturated rings. The van der Waals surface area contributed by atoms with Gasteiger partial charge in [0.05, 0.1) is 36.4 Å². The standard InChI is InChI=1S/C20H18Cl2N2O4/c1-24(10-19(25)23-13-3-6-16(21)17(22)8-13)20(26)7-12-11-28-18-9-14(27-2)4-5-15(12)18/h3-6,8-9,11H,7,10H2,1-2H3,(H,23,25). The van der Waals surface area contributed by atoms with Crippen molar-refractivity contribution in [2.75, 3.05) is 26.0 Å². The Labute approximate surface area is 172 Å². The van der Waals surface area contributed by atoms with Crippen LogP contribution in [0.4, 0.5) is 5.69 Å². The van der Waals surface area contributed by atoms with Gasteiger partial charge in [0.2, 0.25) is 11.8 Å². The van der Waals surface area contributed by atoms with E-state index in [1.54, 1.807) is 50.8 Å². The molecular weight excluding hydrogens is 403 g/mol. The maximum Gasteiger partial charge on any atom is 0.243 e. The molecule has 0 unspecified atom stereocenters. The number of amides is 2. The van der Waals surface area contributed by atoms with Crippen LogP contribution in [0.2, 0.25) is 10.0 Å². The summed E-state index contributed by atoms with van der Waals surface area (Å²) in [5.41, 5.74) is 1.90. The quantitative estimate of drug-likeness (QED) is 0.641. The van der Waals surface area contributed by atoms with Gasteiger partial charge in [-0.2, -0.15) is 0 Å². The van der Waals surface area contributed by atoms with E-state index in [9.17, 15) is 9.59 Å². The van der Waals surface area contributed by atoms with Crippen molar-refractivity contribution in [2.24, 2.45) is 0 Å². The lowest BCUT2D eigenvalue weighted by atomic mass is 10.1. The third kappa shape index (κ3) is 4.58. The van der Waals surface area contributed by atoms with E-state index in [1.807, 2.05) is 6.07 Å². The van der Waals surface area contributed by atoms with Crippen molar-refractivity contribution in [3.63, 3.8) is 0 Å². The minimum atomic E-state index is -0.337. The van der Waals surface area contributed by atoms with Crippen molar-refractivity contribution in [2.45, 2.75) is 6.42 Å². The smallest absolute Gasteiger partial charge is 0.243 e. The van der Waals surface area contributed by atoms with Crippen molar-refractivity contribution in [1.82, 2.24) is 4.90 Å². The Morgan fingerprint density at radius 2 is 1.93 bits per heavy atom. The van der Waals surface area contributed by atoms with E-state index in [0.29, 0.717) is 27.1 Å². The Hall–Kier alpha value is -2.70. The zero-order valence-electron chi connectivity index (χ0n) is 15.3. The van der Waals surface area contributed by atoms with Crippen LogP contribution in [-0.4, -0.2) is 37.4 Å². The molecule has 3 rings (SSSR count). The highest BCUT2D eigenvalue weighted by atomic mass is 35.5. The summed E-state index contributed by atoms with van der Waals surface area (Å²) >= 11 is 11.8. The third-order valence-electron chi connectivity index (χ3n) is 4.21. The van der Waals surface area contributed by atoms with E-state index in [1.165, 1.54) is 4.90 Å². The SMILES string of the molecule is COc1ccc2c(CC(=O)N(C)CC(=O)Nc3ccc(Cl)c(Cl)c3)coc2c1. The number of carbonyl (C=O) groups excluding carboxylic acids is 2. The van der Waals surface area contributed by atoms with Gasteiger partial charge in [-0.05, 0) is 30.3 Å². The number of benzene rings is 2. The summed E-state index contributed by atoms with van der Waals surface area (Å²) < 4.78 is 10.7. The summed E-state index contributed by atoms with van der Waals surface area (Å²) in [6.07, 6.45) is 1.67. The Bertz CT molecular complexity index is 1030.